The summed E-state index contributed by atoms with van der Waals surface area (Å²) in [4.78, 5) is 3.92. The van der Waals surface area contributed by atoms with Gasteiger partial charge in [-0.05, 0) is 18.2 Å². The summed E-state index contributed by atoms with van der Waals surface area (Å²) in [6, 6.07) is 6.09. The Bertz CT molecular complexity index is 578. The Kier molecular flexibility index (Phi) is 3.74. The van der Waals surface area contributed by atoms with Crippen LogP contribution in [0.15, 0.2) is 30.3 Å². The summed E-state index contributed by atoms with van der Waals surface area (Å²) in [5.74, 6) is -1.73. The van der Waals surface area contributed by atoms with E-state index in [1.165, 1.54) is 18.2 Å². The summed E-state index contributed by atoms with van der Waals surface area (Å²) in [6.07, 6.45) is 0. The molecule has 0 saturated heterocycles. The SMILES string of the molecule is OCc1nc(Oc2ccc(F)c(F)c2)ccc1Cl. The van der Waals surface area contributed by atoms with Crippen molar-refractivity contribution in [3.63, 3.8) is 0 Å². The molecule has 0 spiro atoms. The van der Waals surface area contributed by atoms with E-state index in [4.69, 9.17) is 21.4 Å². The minimum atomic E-state index is -1.01. The van der Waals surface area contributed by atoms with E-state index in [0.717, 1.165) is 12.1 Å². The summed E-state index contributed by atoms with van der Waals surface area (Å²) in [5.41, 5.74) is 0.247. The highest BCUT2D eigenvalue weighted by Crippen LogP contribution is 2.24. The molecule has 1 N–H and O–H groups in total. The molecule has 94 valence electrons. The lowest BCUT2D eigenvalue weighted by Gasteiger charge is -2.07. The molecule has 0 bridgehead atoms. The molecule has 1 aromatic heterocycles. The van der Waals surface area contributed by atoms with Crippen molar-refractivity contribution in [2.24, 2.45) is 0 Å². The summed E-state index contributed by atoms with van der Waals surface area (Å²) in [7, 11) is 0. The highest BCUT2D eigenvalue weighted by molar-refractivity contribution is 6.31. The molecule has 2 rings (SSSR count). The number of benzene rings is 1. The van der Waals surface area contributed by atoms with E-state index in [1.54, 1.807) is 0 Å². The summed E-state index contributed by atoms with van der Waals surface area (Å²) < 4.78 is 30.9. The molecule has 0 aliphatic carbocycles. The zero-order valence-electron chi connectivity index (χ0n) is 9.03. The van der Waals surface area contributed by atoms with Gasteiger partial charge in [-0.2, -0.15) is 0 Å². The number of nitrogens with zero attached hydrogens (tertiary/aromatic N) is 1. The van der Waals surface area contributed by atoms with E-state index in [1.807, 2.05) is 0 Å². The maximum absolute atomic E-state index is 13.0. The van der Waals surface area contributed by atoms with Gasteiger partial charge >= 0.3 is 0 Å². The topological polar surface area (TPSA) is 42.4 Å². The summed E-state index contributed by atoms with van der Waals surface area (Å²) in [6.45, 7) is -0.339. The Balaban J connectivity index is 2.25. The predicted molar refractivity (Wildman–Crippen MR) is 61.6 cm³/mol. The number of aromatic nitrogens is 1. The second-order valence-corrected chi connectivity index (χ2v) is 3.82. The molecule has 0 aliphatic heterocycles. The first-order chi connectivity index (χ1) is 8.60. The van der Waals surface area contributed by atoms with Gasteiger partial charge in [0.05, 0.1) is 17.3 Å². The number of hydrogen-bond acceptors (Lipinski definition) is 3. The monoisotopic (exact) mass is 271 g/mol. The average Bonchev–Trinajstić information content (AvgIpc) is 2.36. The number of rotatable bonds is 3. The van der Waals surface area contributed by atoms with Gasteiger partial charge in [0.15, 0.2) is 11.6 Å². The predicted octanol–water partition coefficient (Wildman–Crippen LogP) is 3.30. The van der Waals surface area contributed by atoms with Crippen molar-refractivity contribution in [3.05, 3.63) is 52.7 Å². The Morgan fingerprint density at radius 2 is 1.94 bits per heavy atom. The van der Waals surface area contributed by atoms with Gasteiger partial charge in [0, 0.05) is 12.1 Å². The fraction of sp³-hybridized carbons (Fsp3) is 0.0833. The van der Waals surface area contributed by atoms with Crippen LogP contribution in [0.25, 0.3) is 0 Å². The summed E-state index contributed by atoms with van der Waals surface area (Å²) >= 11 is 5.76. The van der Waals surface area contributed by atoms with Crippen LogP contribution in [0.3, 0.4) is 0 Å². The van der Waals surface area contributed by atoms with Gasteiger partial charge in [-0.25, -0.2) is 13.8 Å². The molecule has 0 atom stereocenters. The van der Waals surface area contributed by atoms with Crippen LogP contribution in [0.2, 0.25) is 5.02 Å². The van der Waals surface area contributed by atoms with Crippen molar-refractivity contribution in [3.8, 4) is 11.6 Å². The molecule has 0 unspecified atom stereocenters. The minimum absolute atomic E-state index is 0.104. The van der Waals surface area contributed by atoms with Crippen LogP contribution in [0.4, 0.5) is 8.78 Å². The van der Waals surface area contributed by atoms with Crippen LogP contribution in [-0.4, -0.2) is 10.1 Å². The molecule has 6 heteroatoms. The van der Waals surface area contributed by atoms with Gasteiger partial charge < -0.3 is 9.84 Å². The Morgan fingerprint density at radius 3 is 2.61 bits per heavy atom. The van der Waals surface area contributed by atoms with Crippen molar-refractivity contribution in [1.29, 1.82) is 0 Å². The number of ether oxygens (including phenoxy) is 1. The third kappa shape index (κ3) is 2.75. The van der Waals surface area contributed by atoms with Crippen LogP contribution < -0.4 is 4.74 Å². The molecule has 1 aromatic carbocycles. The second-order valence-electron chi connectivity index (χ2n) is 3.41. The largest absolute Gasteiger partial charge is 0.439 e. The first kappa shape index (κ1) is 12.7. The molecule has 0 amide bonds. The Hall–Kier alpha value is -1.72. The van der Waals surface area contributed by atoms with Crippen molar-refractivity contribution in [2.75, 3.05) is 0 Å². The lowest BCUT2D eigenvalue weighted by atomic mass is 10.3. The third-order valence-corrected chi connectivity index (χ3v) is 2.50. The van der Waals surface area contributed by atoms with Crippen LogP contribution in [0.5, 0.6) is 11.6 Å². The first-order valence-electron chi connectivity index (χ1n) is 4.99. The van der Waals surface area contributed by atoms with E-state index in [-0.39, 0.29) is 23.9 Å². The van der Waals surface area contributed by atoms with Gasteiger partial charge in [0.1, 0.15) is 5.75 Å². The zero-order valence-corrected chi connectivity index (χ0v) is 9.79. The quantitative estimate of drug-likeness (QED) is 0.931. The fourth-order valence-corrected chi connectivity index (χ4v) is 1.46. The maximum atomic E-state index is 13.0. The molecule has 0 radical (unpaired) electrons. The maximum Gasteiger partial charge on any atom is 0.219 e. The molecule has 18 heavy (non-hydrogen) atoms. The molecule has 0 fully saturated rings. The molecule has 2 aromatic rings. The highest BCUT2D eigenvalue weighted by atomic mass is 35.5. The van der Waals surface area contributed by atoms with Gasteiger partial charge in [-0.3, -0.25) is 0 Å². The van der Waals surface area contributed by atoms with Gasteiger partial charge in [0.2, 0.25) is 5.88 Å². The second kappa shape index (κ2) is 5.29. The molecular weight excluding hydrogens is 264 g/mol. The van der Waals surface area contributed by atoms with Gasteiger partial charge in [-0.1, -0.05) is 11.6 Å². The van der Waals surface area contributed by atoms with Crippen molar-refractivity contribution in [1.82, 2.24) is 4.98 Å². The zero-order chi connectivity index (χ0) is 13.1. The number of aliphatic hydroxyl groups is 1. The lowest BCUT2D eigenvalue weighted by Crippen LogP contribution is -1.95. The van der Waals surface area contributed by atoms with Crippen molar-refractivity contribution in [2.45, 2.75) is 6.61 Å². The standard InChI is InChI=1S/C12H8ClF2NO2/c13-8-2-4-12(16-11(8)6-17)18-7-1-3-9(14)10(15)5-7/h1-5,17H,6H2. The fourth-order valence-electron chi connectivity index (χ4n) is 1.29. The minimum Gasteiger partial charge on any atom is -0.439 e. The van der Waals surface area contributed by atoms with Crippen LogP contribution >= 0.6 is 11.6 Å². The lowest BCUT2D eigenvalue weighted by molar-refractivity contribution is 0.275. The third-order valence-electron chi connectivity index (χ3n) is 2.16. The smallest absolute Gasteiger partial charge is 0.219 e. The Morgan fingerprint density at radius 1 is 1.17 bits per heavy atom. The number of pyridine rings is 1. The van der Waals surface area contributed by atoms with E-state index in [9.17, 15) is 8.78 Å². The molecule has 0 aliphatic rings. The van der Waals surface area contributed by atoms with E-state index < -0.39 is 11.6 Å². The Labute approximate surface area is 107 Å². The van der Waals surface area contributed by atoms with E-state index in [2.05, 4.69) is 4.98 Å². The van der Waals surface area contributed by atoms with Crippen LogP contribution in [0, 0.1) is 11.6 Å². The number of aliphatic hydroxyl groups excluding tert-OH is 1. The molecular formula is C12H8ClF2NO2. The van der Waals surface area contributed by atoms with E-state index >= 15 is 0 Å². The summed E-state index contributed by atoms with van der Waals surface area (Å²) in [5, 5.41) is 9.28. The molecule has 3 nitrogen and oxygen atoms in total. The average molecular weight is 272 g/mol. The van der Waals surface area contributed by atoms with Crippen molar-refractivity contribution < 1.29 is 18.6 Å². The van der Waals surface area contributed by atoms with Crippen LogP contribution in [-0.2, 0) is 6.61 Å². The number of halogens is 3. The number of hydrogen-bond donors (Lipinski definition) is 1. The highest BCUT2D eigenvalue weighted by Gasteiger charge is 2.07. The normalized spacial score (nSPS) is 10.4. The van der Waals surface area contributed by atoms with Gasteiger partial charge in [-0.15, -0.1) is 0 Å². The van der Waals surface area contributed by atoms with Crippen molar-refractivity contribution >= 4 is 11.6 Å². The first-order valence-corrected chi connectivity index (χ1v) is 5.37. The molecule has 0 saturated carbocycles. The van der Waals surface area contributed by atoms with Gasteiger partial charge in [0.25, 0.3) is 0 Å². The van der Waals surface area contributed by atoms with E-state index in [0.29, 0.717) is 5.02 Å². The van der Waals surface area contributed by atoms with Crippen LogP contribution in [0.1, 0.15) is 5.69 Å². The molecule has 1 heterocycles.